The number of carbonyl (C=O) groups excluding carboxylic acids is 2. The third kappa shape index (κ3) is 1.79. The highest BCUT2D eigenvalue weighted by Gasteiger charge is 2.30. The van der Waals surface area contributed by atoms with Crippen molar-refractivity contribution in [2.75, 3.05) is 6.61 Å². The Balaban J connectivity index is 2.33. The van der Waals surface area contributed by atoms with E-state index in [1.165, 1.54) is 0 Å². The van der Waals surface area contributed by atoms with Gasteiger partial charge in [-0.2, -0.15) is 0 Å². The normalized spacial score (nSPS) is 17.2. The predicted octanol–water partition coefficient (Wildman–Crippen LogP) is 0.919. The van der Waals surface area contributed by atoms with Gasteiger partial charge in [0.25, 0.3) is 0 Å². The third-order valence-corrected chi connectivity index (χ3v) is 1.95. The summed E-state index contributed by atoms with van der Waals surface area (Å²) < 4.78 is 4.57. The van der Waals surface area contributed by atoms with Gasteiger partial charge in [-0.1, -0.05) is 6.42 Å². The second kappa shape index (κ2) is 3.51. The van der Waals surface area contributed by atoms with Crippen molar-refractivity contribution in [2.24, 2.45) is 5.92 Å². The minimum atomic E-state index is -0.655. The lowest BCUT2D eigenvalue weighted by Gasteiger charge is -2.22. The number of hydrogen-bond acceptors (Lipinski definition) is 3. The molecule has 0 amide bonds. The summed E-state index contributed by atoms with van der Waals surface area (Å²) in [4.78, 5) is 21.8. The van der Waals surface area contributed by atoms with Crippen LogP contribution in [0.25, 0.3) is 0 Å². The Morgan fingerprint density at radius 2 is 2.09 bits per heavy atom. The lowest BCUT2D eigenvalue weighted by Crippen LogP contribution is -2.30. The number of Topliss-reactive ketones (excluding diaryl/α,β-unsaturated/α-hetero) is 1. The molecule has 1 fully saturated rings. The van der Waals surface area contributed by atoms with Crippen LogP contribution in [0.4, 0.5) is 0 Å². The van der Waals surface area contributed by atoms with E-state index < -0.39 is 5.97 Å². The number of carbonyl (C=O) groups is 2. The van der Waals surface area contributed by atoms with Gasteiger partial charge in [0, 0.05) is 5.92 Å². The zero-order valence-corrected chi connectivity index (χ0v) is 6.63. The minimum Gasteiger partial charge on any atom is -0.460 e. The van der Waals surface area contributed by atoms with Crippen LogP contribution in [0.1, 0.15) is 26.2 Å². The van der Waals surface area contributed by atoms with Crippen LogP contribution in [-0.2, 0) is 14.3 Å². The lowest BCUT2D eigenvalue weighted by molar-refractivity contribution is -0.156. The summed E-state index contributed by atoms with van der Waals surface area (Å²) in [5.74, 6) is -1.02. The molecule has 11 heavy (non-hydrogen) atoms. The summed E-state index contributed by atoms with van der Waals surface area (Å²) in [6.45, 7) is 1.99. The molecule has 0 aromatic heterocycles. The molecule has 0 unspecified atom stereocenters. The molecular formula is C8H12O3. The van der Waals surface area contributed by atoms with E-state index in [2.05, 4.69) is 4.74 Å². The molecule has 3 nitrogen and oxygen atoms in total. The Morgan fingerprint density at radius 1 is 1.45 bits per heavy atom. The largest absolute Gasteiger partial charge is 0.460 e. The van der Waals surface area contributed by atoms with Gasteiger partial charge in [0.05, 0.1) is 6.61 Å². The highest BCUT2D eigenvalue weighted by Crippen LogP contribution is 2.27. The minimum absolute atomic E-state index is 0.0333. The molecule has 0 radical (unpaired) electrons. The molecule has 1 rings (SSSR count). The first-order chi connectivity index (χ1) is 5.25. The molecule has 0 N–H and O–H groups in total. The van der Waals surface area contributed by atoms with Crippen LogP contribution >= 0.6 is 0 Å². The molecule has 1 aliphatic rings. The Morgan fingerprint density at radius 3 is 2.45 bits per heavy atom. The van der Waals surface area contributed by atoms with Crippen LogP contribution in [0.15, 0.2) is 0 Å². The topological polar surface area (TPSA) is 43.4 Å². The number of rotatable bonds is 3. The van der Waals surface area contributed by atoms with Crippen molar-refractivity contribution in [3.05, 3.63) is 0 Å². The van der Waals surface area contributed by atoms with Crippen molar-refractivity contribution >= 4 is 11.8 Å². The molecule has 0 saturated heterocycles. The second-order valence-electron chi connectivity index (χ2n) is 2.71. The Labute approximate surface area is 65.7 Å². The average Bonchev–Trinajstić information content (AvgIpc) is 1.84. The quantitative estimate of drug-likeness (QED) is 0.450. The van der Waals surface area contributed by atoms with E-state index >= 15 is 0 Å². The van der Waals surface area contributed by atoms with E-state index in [0.717, 1.165) is 19.3 Å². The molecule has 62 valence electrons. The highest BCUT2D eigenvalue weighted by molar-refractivity contribution is 6.34. The maximum Gasteiger partial charge on any atom is 0.374 e. The van der Waals surface area contributed by atoms with Crippen molar-refractivity contribution in [1.82, 2.24) is 0 Å². The number of esters is 1. The van der Waals surface area contributed by atoms with Crippen LogP contribution in [0.3, 0.4) is 0 Å². The van der Waals surface area contributed by atoms with Gasteiger partial charge in [0.15, 0.2) is 0 Å². The van der Waals surface area contributed by atoms with E-state index in [-0.39, 0.29) is 18.3 Å². The predicted molar refractivity (Wildman–Crippen MR) is 39.0 cm³/mol. The zero-order chi connectivity index (χ0) is 8.27. The average molecular weight is 156 g/mol. The first kappa shape index (κ1) is 8.24. The monoisotopic (exact) mass is 156 g/mol. The highest BCUT2D eigenvalue weighted by atomic mass is 16.5. The van der Waals surface area contributed by atoms with Gasteiger partial charge < -0.3 is 4.74 Å². The number of ether oxygens (including phenoxy) is 1. The van der Waals surface area contributed by atoms with Gasteiger partial charge in [-0.15, -0.1) is 0 Å². The lowest BCUT2D eigenvalue weighted by atomic mass is 9.82. The molecule has 0 bridgehead atoms. The van der Waals surface area contributed by atoms with Crippen molar-refractivity contribution in [3.8, 4) is 0 Å². The van der Waals surface area contributed by atoms with Gasteiger partial charge in [-0.25, -0.2) is 4.79 Å². The van der Waals surface area contributed by atoms with Crippen molar-refractivity contribution in [1.29, 1.82) is 0 Å². The Kier molecular flexibility index (Phi) is 2.63. The molecule has 0 atom stereocenters. The molecule has 0 aromatic rings. The van der Waals surface area contributed by atoms with Crippen LogP contribution in [0.2, 0.25) is 0 Å². The molecular weight excluding hydrogens is 144 g/mol. The van der Waals surface area contributed by atoms with E-state index in [9.17, 15) is 9.59 Å². The van der Waals surface area contributed by atoms with Crippen LogP contribution in [0.5, 0.6) is 0 Å². The van der Waals surface area contributed by atoms with Crippen molar-refractivity contribution in [3.63, 3.8) is 0 Å². The van der Waals surface area contributed by atoms with Gasteiger partial charge >= 0.3 is 5.97 Å². The summed E-state index contributed by atoms with van der Waals surface area (Å²) in [5.41, 5.74) is 0. The van der Waals surface area contributed by atoms with E-state index in [4.69, 9.17) is 0 Å². The second-order valence-corrected chi connectivity index (χ2v) is 2.71. The molecule has 1 aliphatic carbocycles. The smallest absolute Gasteiger partial charge is 0.374 e. The standard InChI is InChI=1S/C8H12O3/c1-2-11-8(10)7(9)6-4-3-5-6/h6H,2-5H2,1H3. The molecule has 0 aliphatic heterocycles. The van der Waals surface area contributed by atoms with Crippen molar-refractivity contribution in [2.45, 2.75) is 26.2 Å². The molecule has 0 heterocycles. The fourth-order valence-corrected chi connectivity index (χ4v) is 1.04. The van der Waals surface area contributed by atoms with Crippen molar-refractivity contribution < 1.29 is 14.3 Å². The van der Waals surface area contributed by atoms with E-state index in [1.807, 2.05) is 0 Å². The van der Waals surface area contributed by atoms with Crippen LogP contribution < -0.4 is 0 Å². The van der Waals surface area contributed by atoms with Gasteiger partial charge in [-0.3, -0.25) is 4.79 Å². The maximum absolute atomic E-state index is 11.0. The first-order valence-electron chi connectivity index (χ1n) is 3.96. The molecule has 0 aromatic carbocycles. The van der Waals surface area contributed by atoms with Crippen LogP contribution in [0, 0.1) is 5.92 Å². The van der Waals surface area contributed by atoms with Crippen LogP contribution in [-0.4, -0.2) is 18.4 Å². The van der Waals surface area contributed by atoms with E-state index in [0.29, 0.717) is 0 Å². The third-order valence-electron chi connectivity index (χ3n) is 1.95. The molecule has 1 saturated carbocycles. The fraction of sp³-hybridized carbons (Fsp3) is 0.750. The summed E-state index contributed by atoms with van der Waals surface area (Å²) >= 11 is 0. The number of hydrogen-bond donors (Lipinski definition) is 0. The summed E-state index contributed by atoms with van der Waals surface area (Å²) in [7, 11) is 0. The van der Waals surface area contributed by atoms with E-state index in [1.54, 1.807) is 6.92 Å². The van der Waals surface area contributed by atoms with Gasteiger partial charge in [0.1, 0.15) is 0 Å². The SMILES string of the molecule is CCOC(=O)C(=O)C1CCC1. The van der Waals surface area contributed by atoms with Gasteiger partial charge in [0.2, 0.25) is 5.78 Å². The fourth-order valence-electron chi connectivity index (χ4n) is 1.04. The maximum atomic E-state index is 11.0. The Hall–Kier alpha value is -0.860. The first-order valence-corrected chi connectivity index (χ1v) is 3.96. The summed E-state index contributed by atoms with van der Waals surface area (Å²) in [5, 5.41) is 0. The number of ketones is 1. The zero-order valence-electron chi connectivity index (χ0n) is 6.63. The Bertz CT molecular complexity index is 170. The summed E-state index contributed by atoms with van der Waals surface area (Å²) in [6, 6.07) is 0. The molecule has 3 heteroatoms. The van der Waals surface area contributed by atoms with Gasteiger partial charge in [-0.05, 0) is 19.8 Å². The molecule has 0 spiro atoms. The summed E-state index contributed by atoms with van der Waals surface area (Å²) in [6.07, 6.45) is 2.78.